The average molecular weight is 222 g/mol. The van der Waals surface area contributed by atoms with Crippen molar-refractivity contribution >= 4 is 10.4 Å². The van der Waals surface area contributed by atoms with Crippen LogP contribution in [-0.2, 0) is 14.6 Å². The van der Waals surface area contributed by atoms with Gasteiger partial charge in [0.25, 0.3) is 0 Å². The molecule has 0 heterocycles. The summed E-state index contributed by atoms with van der Waals surface area (Å²) in [5.41, 5.74) is 0.984. The van der Waals surface area contributed by atoms with Gasteiger partial charge >= 0.3 is 10.4 Å². The van der Waals surface area contributed by atoms with Crippen molar-refractivity contribution in [1.29, 1.82) is 0 Å². The van der Waals surface area contributed by atoms with E-state index in [0.717, 1.165) is 12.0 Å². The molecule has 0 spiro atoms. The lowest BCUT2D eigenvalue weighted by Crippen LogP contribution is -2.16. The third kappa shape index (κ3) is 8.22. The maximum absolute atomic E-state index is 10.3. The highest BCUT2D eigenvalue weighted by molar-refractivity contribution is 7.80. The van der Waals surface area contributed by atoms with Crippen LogP contribution < -0.4 is 0 Å². The van der Waals surface area contributed by atoms with E-state index in [-0.39, 0.29) is 12.0 Å². The standard InChI is InChI=1S/C9H18O4S/c1-8(2)7-9(3,4)5-6-13-14(10,11)12/h1,5-7H2,2-4H3,(H,10,11,12). The van der Waals surface area contributed by atoms with Crippen molar-refractivity contribution in [1.82, 2.24) is 0 Å². The molecular formula is C9H18O4S. The Morgan fingerprint density at radius 3 is 2.36 bits per heavy atom. The van der Waals surface area contributed by atoms with E-state index >= 15 is 0 Å². The van der Waals surface area contributed by atoms with Gasteiger partial charge in [-0.2, -0.15) is 8.42 Å². The van der Waals surface area contributed by atoms with Crippen molar-refractivity contribution in [3.8, 4) is 0 Å². The predicted octanol–water partition coefficient (Wildman–Crippen LogP) is 2.19. The van der Waals surface area contributed by atoms with E-state index in [9.17, 15) is 8.42 Å². The molecule has 0 unspecified atom stereocenters. The first-order valence-electron chi connectivity index (χ1n) is 4.39. The molecule has 0 bridgehead atoms. The highest BCUT2D eigenvalue weighted by Crippen LogP contribution is 2.28. The maximum Gasteiger partial charge on any atom is 0.397 e. The molecule has 0 aromatic rings. The lowest BCUT2D eigenvalue weighted by Gasteiger charge is -2.23. The Hall–Kier alpha value is -0.390. The first-order chi connectivity index (χ1) is 6.12. The van der Waals surface area contributed by atoms with Crippen LogP contribution in [0.2, 0.25) is 0 Å². The molecule has 14 heavy (non-hydrogen) atoms. The van der Waals surface area contributed by atoms with Gasteiger partial charge in [0.05, 0.1) is 6.61 Å². The van der Waals surface area contributed by atoms with Crippen molar-refractivity contribution in [2.45, 2.75) is 33.6 Å². The van der Waals surface area contributed by atoms with Crippen molar-refractivity contribution in [2.24, 2.45) is 5.41 Å². The summed E-state index contributed by atoms with van der Waals surface area (Å²) in [5, 5.41) is 0. The van der Waals surface area contributed by atoms with Crippen molar-refractivity contribution in [3.63, 3.8) is 0 Å². The summed E-state index contributed by atoms with van der Waals surface area (Å²) in [6.45, 7) is 9.70. The fourth-order valence-electron chi connectivity index (χ4n) is 1.33. The van der Waals surface area contributed by atoms with E-state index in [4.69, 9.17) is 4.55 Å². The summed E-state index contributed by atoms with van der Waals surface area (Å²) in [4.78, 5) is 0. The molecule has 0 radical (unpaired) electrons. The van der Waals surface area contributed by atoms with Crippen LogP contribution in [0.25, 0.3) is 0 Å². The van der Waals surface area contributed by atoms with Crippen LogP contribution in [-0.4, -0.2) is 19.6 Å². The summed E-state index contributed by atoms with van der Waals surface area (Å²) < 4.78 is 33.1. The summed E-state index contributed by atoms with van der Waals surface area (Å²) in [6, 6.07) is 0. The van der Waals surface area contributed by atoms with E-state index in [2.05, 4.69) is 10.8 Å². The van der Waals surface area contributed by atoms with Gasteiger partial charge in [-0.25, -0.2) is 4.18 Å². The molecule has 0 rings (SSSR count). The number of allylic oxidation sites excluding steroid dienone is 1. The second kappa shape index (κ2) is 4.91. The molecule has 0 atom stereocenters. The smallest absolute Gasteiger partial charge is 0.264 e. The lowest BCUT2D eigenvalue weighted by molar-refractivity contribution is 0.210. The van der Waals surface area contributed by atoms with E-state index in [1.807, 2.05) is 20.8 Å². The molecule has 84 valence electrons. The largest absolute Gasteiger partial charge is 0.397 e. The van der Waals surface area contributed by atoms with E-state index in [0.29, 0.717) is 6.42 Å². The van der Waals surface area contributed by atoms with E-state index in [1.54, 1.807) is 0 Å². The Morgan fingerprint density at radius 2 is 2.00 bits per heavy atom. The third-order valence-electron chi connectivity index (χ3n) is 1.79. The summed E-state index contributed by atoms with van der Waals surface area (Å²) >= 11 is 0. The second-order valence-corrected chi connectivity index (χ2v) is 5.39. The normalized spacial score (nSPS) is 12.9. The Bertz CT molecular complexity index is 290. The quantitative estimate of drug-likeness (QED) is 0.552. The van der Waals surface area contributed by atoms with Crippen LogP contribution in [0.5, 0.6) is 0 Å². The van der Waals surface area contributed by atoms with Crippen LogP contribution in [0.1, 0.15) is 33.6 Å². The fourth-order valence-corrected chi connectivity index (χ4v) is 1.62. The molecule has 0 amide bonds. The van der Waals surface area contributed by atoms with E-state index in [1.165, 1.54) is 0 Å². The first kappa shape index (κ1) is 13.6. The molecule has 0 aliphatic carbocycles. The molecule has 0 aromatic carbocycles. The maximum atomic E-state index is 10.3. The molecule has 0 aliphatic rings. The highest BCUT2D eigenvalue weighted by atomic mass is 32.3. The Kier molecular flexibility index (Phi) is 4.77. The van der Waals surface area contributed by atoms with Gasteiger partial charge in [0, 0.05) is 0 Å². The molecule has 5 heteroatoms. The monoisotopic (exact) mass is 222 g/mol. The molecule has 0 fully saturated rings. The molecular weight excluding hydrogens is 204 g/mol. The highest BCUT2D eigenvalue weighted by Gasteiger charge is 2.18. The average Bonchev–Trinajstić information content (AvgIpc) is 1.78. The van der Waals surface area contributed by atoms with Crippen molar-refractivity contribution in [3.05, 3.63) is 12.2 Å². The van der Waals surface area contributed by atoms with Gasteiger partial charge in [-0.3, -0.25) is 4.55 Å². The Morgan fingerprint density at radius 1 is 1.50 bits per heavy atom. The molecule has 0 aliphatic heterocycles. The van der Waals surface area contributed by atoms with Gasteiger partial charge in [0.1, 0.15) is 0 Å². The number of hydrogen-bond acceptors (Lipinski definition) is 3. The van der Waals surface area contributed by atoms with Gasteiger partial charge in [-0.1, -0.05) is 19.4 Å². The topological polar surface area (TPSA) is 63.6 Å². The predicted molar refractivity (Wildman–Crippen MR) is 55.3 cm³/mol. The zero-order valence-electron chi connectivity index (χ0n) is 8.91. The molecule has 0 saturated heterocycles. The SMILES string of the molecule is C=C(C)CC(C)(C)CCOS(=O)(=O)O. The fraction of sp³-hybridized carbons (Fsp3) is 0.778. The van der Waals surface area contributed by atoms with E-state index < -0.39 is 10.4 Å². The third-order valence-corrected chi connectivity index (χ3v) is 2.26. The molecule has 0 saturated carbocycles. The summed E-state index contributed by atoms with van der Waals surface area (Å²) in [6.07, 6.45) is 1.36. The number of hydrogen-bond donors (Lipinski definition) is 1. The summed E-state index contributed by atoms with van der Waals surface area (Å²) in [5.74, 6) is 0. The minimum atomic E-state index is -4.30. The molecule has 1 N–H and O–H groups in total. The lowest BCUT2D eigenvalue weighted by atomic mass is 9.83. The first-order valence-corrected chi connectivity index (χ1v) is 5.75. The van der Waals surface area contributed by atoms with Gasteiger partial charge in [0.15, 0.2) is 0 Å². The van der Waals surface area contributed by atoms with Crippen LogP contribution in [0.4, 0.5) is 0 Å². The van der Waals surface area contributed by atoms with Crippen molar-refractivity contribution < 1.29 is 17.2 Å². The zero-order chi connectivity index (χ0) is 11.4. The zero-order valence-corrected chi connectivity index (χ0v) is 9.73. The number of rotatable bonds is 6. The summed E-state index contributed by atoms with van der Waals surface area (Å²) in [7, 11) is -4.30. The van der Waals surface area contributed by atoms with Crippen LogP contribution in [0.15, 0.2) is 12.2 Å². The minimum Gasteiger partial charge on any atom is -0.264 e. The van der Waals surface area contributed by atoms with Gasteiger partial charge in [-0.05, 0) is 25.2 Å². The Balaban J connectivity index is 3.94. The van der Waals surface area contributed by atoms with Gasteiger partial charge in [0.2, 0.25) is 0 Å². The minimum absolute atomic E-state index is 0.000880. The van der Waals surface area contributed by atoms with Crippen molar-refractivity contribution in [2.75, 3.05) is 6.61 Å². The Labute approximate surface area is 85.9 Å². The van der Waals surface area contributed by atoms with Crippen LogP contribution in [0.3, 0.4) is 0 Å². The molecule has 4 nitrogen and oxygen atoms in total. The molecule has 0 aromatic heterocycles. The van der Waals surface area contributed by atoms with Gasteiger partial charge in [-0.15, -0.1) is 6.58 Å². The van der Waals surface area contributed by atoms with Crippen LogP contribution >= 0.6 is 0 Å². The van der Waals surface area contributed by atoms with Gasteiger partial charge < -0.3 is 0 Å². The van der Waals surface area contributed by atoms with Crippen LogP contribution in [0, 0.1) is 5.41 Å². The second-order valence-electron chi connectivity index (χ2n) is 4.30.